The molecule has 2 N–H and O–H groups in total. The molecule has 1 aliphatic heterocycles. The van der Waals surface area contributed by atoms with Crippen molar-refractivity contribution in [3.63, 3.8) is 0 Å². The molecule has 0 radical (unpaired) electrons. The molecule has 0 saturated carbocycles. The zero-order valence-corrected chi connectivity index (χ0v) is 8.78. The molecular formula is C11H14N2O3. The molecule has 1 saturated heterocycles. The van der Waals surface area contributed by atoms with Crippen molar-refractivity contribution in [2.24, 2.45) is 0 Å². The summed E-state index contributed by atoms with van der Waals surface area (Å²) in [6.07, 6.45) is 3.05. The number of hydrogen-bond donors (Lipinski definition) is 2. The fraction of sp³-hybridized carbons (Fsp3) is 0.455. The Morgan fingerprint density at radius 3 is 2.88 bits per heavy atom. The van der Waals surface area contributed by atoms with E-state index >= 15 is 0 Å². The maximum atomic E-state index is 10.8. The first-order valence-electron chi connectivity index (χ1n) is 5.20. The standard InChI is InChI=1S/C11H14N2O3/c14-9-6-13(7-9)10(4-11(15)16)8-2-1-3-12-5-8/h1-3,5,9-10,14H,4,6-7H2,(H,15,16). The molecule has 2 rings (SSSR count). The maximum Gasteiger partial charge on any atom is 0.305 e. The maximum absolute atomic E-state index is 10.8. The van der Waals surface area contributed by atoms with Gasteiger partial charge in [-0.25, -0.2) is 0 Å². The monoisotopic (exact) mass is 222 g/mol. The highest BCUT2D eigenvalue weighted by Crippen LogP contribution is 2.28. The van der Waals surface area contributed by atoms with Crippen LogP contribution >= 0.6 is 0 Å². The van der Waals surface area contributed by atoms with Gasteiger partial charge in [-0.05, 0) is 11.6 Å². The van der Waals surface area contributed by atoms with E-state index in [4.69, 9.17) is 5.11 Å². The van der Waals surface area contributed by atoms with Crippen LogP contribution in [0.3, 0.4) is 0 Å². The predicted octanol–water partition coefficient (Wildman–Crippen LogP) is 0.274. The molecule has 5 heteroatoms. The molecule has 1 unspecified atom stereocenters. The number of β-amino-alcohol motifs (C(OH)–C–C–N with tert-alkyl or cyclic N) is 1. The number of rotatable bonds is 4. The largest absolute Gasteiger partial charge is 0.481 e. The third-order valence-electron chi connectivity index (χ3n) is 2.77. The molecule has 1 aliphatic rings. The summed E-state index contributed by atoms with van der Waals surface area (Å²) in [4.78, 5) is 16.7. The van der Waals surface area contributed by atoms with Gasteiger partial charge in [-0.1, -0.05) is 6.07 Å². The van der Waals surface area contributed by atoms with E-state index < -0.39 is 5.97 Å². The van der Waals surface area contributed by atoms with Crippen molar-refractivity contribution in [3.05, 3.63) is 30.1 Å². The average Bonchev–Trinajstić information content (AvgIpc) is 2.23. The number of pyridine rings is 1. The zero-order valence-electron chi connectivity index (χ0n) is 8.78. The van der Waals surface area contributed by atoms with Crippen LogP contribution in [-0.2, 0) is 4.79 Å². The predicted molar refractivity (Wildman–Crippen MR) is 56.8 cm³/mol. The molecule has 5 nitrogen and oxygen atoms in total. The molecule has 86 valence electrons. The summed E-state index contributed by atoms with van der Waals surface area (Å²) in [6.45, 7) is 1.07. The van der Waals surface area contributed by atoms with Crippen LogP contribution in [0.15, 0.2) is 24.5 Å². The SMILES string of the molecule is O=C(O)CC(c1cccnc1)N1CC(O)C1. The van der Waals surface area contributed by atoms with Gasteiger partial charge in [0, 0.05) is 31.5 Å². The molecule has 0 bridgehead atoms. The average molecular weight is 222 g/mol. The van der Waals surface area contributed by atoms with Crippen LogP contribution < -0.4 is 0 Å². The first-order chi connectivity index (χ1) is 7.66. The van der Waals surface area contributed by atoms with Crippen molar-refractivity contribution in [1.29, 1.82) is 0 Å². The van der Waals surface area contributed by atoms with Gasteiger partial charge < -0.3 is 10.2 Å². The van der Waals surface area contributed by atoms with Crippen molar-refractivity contribution in [2.75, 3.05) is 13.1 Å². The zero-order chi connectivity index (χ0) is 11.5. The number of carbonyl (C=O) groups is 1. The second-order valence-corrected chi connectivity index (χ2v) is 4.01. The summed E-state index contributed by atoms with van der Waals surface area (Å²) >= 11 is 0. The molecule has 1 aromatic heterocycles. The van der Waals surface area contributed by atoms with Gasteiger partial charge in [0.2, 0.25) is 0 Å². The summed E-state index contributed by atoms with van der Waals surface area (Å²) in [5, 5.41) is 18.1. The number of carboxylic acid groups (broad SMARTS) is 1. The van der Waals surface area contributed by atoms with Crippen LogP contribution in [0.4, 0.5) is 0 Å². The Hall–Kier alpha value is -1.46. The summed E-state index contributed by atoms with van der Waals surface area (Å²) in [5.41, 5.74) is 0.886. The van der Waals surface area contributed by atoms with E-state index in [1.165, 1.54) is 0 Å². The van der Waals surface area contributed by atoms with Gasteiger partial charge in [0.1, 0.15) is 0 Å². The van der Waals surface area contributed by atoms with Crippen LogP contribution in [0.1, 0.15) is 18.0 Å². The summed E-state index contributed by atoms with van der Waals surface area (Å²) < 4.78 is 0. The second-order valence-electron chi connectivity index (χ2n) is 4.01. The van der Waals surface area contributed by atoms with E-state index in [-0.39, 0.29) is 18.6 Å². The van der Waals surface area contributed by atoms with Gasteiger partial charge in [-0.15, -0.1) is 0 Å². The fourth-order valence-corrected chi connectivity index (χ4v) is 1.94. The van der Waals surface area contributed by atoms with Gasteiger partial charge in [-0.3, -0.25) is 14.7 Å². The van der Waals surface area contributed by atoms with Gasteiger partial charge in [0.05, 0.1) is 12.5 Å². The molecule has 0 aromatic carbocycles. The fourth-order valence-electron chi connectivity index (χ4n) is 1.94. The van der Waals surface area contributed by atoms with Crippen molar-refractivity contribution < 1.29 is 15.0 Å². The summed E-state index contributed by atoms with van der Waals surface area (Å²) in [7, 11) is 0. The molecule has 16 heavy (non-hydrogen) atoms. The third-order valence-corrected chi connectivity index (χ3v) is 2.77. The summed E-state index contributed by atoms with van der Waals surface area (Å²) in [6, 6.07) is 3.47. The highest BCUT2D eigenvalue weighted by molar-refractivity contribution is 5.67. The van der Waals surface area contributed by atoms with Gasteiger partial charge in [0.15, 0.2) is 0 Å². The molecule has 0 aliphatic carbocycles. The first-order valence-corrected chi connectivity index (χ1v) is 5.20. The van der Waals surface area contributed by atoms with Gasteiger partial charge in [-0.2, -0.15) is 0 Å². The molecule has 1 aromatic rings. The normalized spacial score (nSPS) is 19.1. The second kappa shape index (κ2) is 4.59. The van der Waals surface area contributed by atoms with E-state index in [1.807, 2.05) is 11.0 Å². The Kier molecular flexibility index (Phi) is 3.17. The minimum atomic E-state index is -0.838. The number of hydrogen-bond acceptors (Lipinski definition) is 4. The lowest BCUT2D eigenvalue weighted by molar-refractivity contribution is -0.140. The summed E-state index contributed by atoms with van der Waals surface area (Å²) in [5.74, 6) is -0.838. The topological polar surface area (TPSA) is 73.7 Å². The number of aliphatic hydroxyl groups is 1. The van der Waals surface area contributed by atoms with E-state index in [0.29, 0.717) is 13.1 Å². The van der Waals surface area contributed by atoms with Crippen LogP contribution in [0.25, 0.3) is 0 Å². The van der Waals surface area contributed by atoms with Gasteiger partial charge in [0.25, 0.3) is 0 Å². The number of aromatic nitrogens is 1. The minimum absolute atomic E-state index is 0.0401. The number of likely N-dealkylation sites (tertiary alicyclic amines) is 1. The molecule has 1 fully saturated rings. The lowest BCUT2D eigenvalue weighted by Gasteiger charge is -2.41. The molecule has 2 heterocycles. The highest BCUT2D eigenvalue weighted by Gasteiger charge is 2.33. The highest BCUT2D eigenvalue weighted by atomic mass is 16.4. The van der Waals surface area contributed by atoms with Crippen molar-refractivity contribution >= 4 is 5.97 Å². The molecule has 0 spiro atoms. The minimum Gasteiger partial charge on any atom is -0.481 e. The molecular weight excluding hydrogens is 208 g/mol. The van der Waals surface area contributed by atoms with Crippen LogP contribution in [-0.4, -0.2) is 45.3 Å². The Morgan fingerprint density at radius 2 is 2.38 bits per heavy atom. The molecule has 0 amide bonds. The Morgan fingerprint density at radius 1 is 1.62 bits per heavy atom. The van der Waals surface area contributed by atoms with Crippen molar-refractivity contribution in [1.82, 2.24) is 9.88 Å². The van der Waals surface area contributed by atoms with Crippen LogP contribution in [0, 0.1) is 0 Å². The smallest absolute Gasteiger partial charge is 0.305 e. The lowest BCUT2D eigenvalue weighted by Crippen LogP contribution is -2.52. The van der Waals surface area contributed by atoms with E-state index in [1.54, 1.807) is 18.5 Å². The number of nitrogens with zero attached hydrogens (tertiary/aromatic N) is 2. The lowest BCUT2D eigenvalue weighted by atomic mass is 9.99. The Bertz CT molecular complexity index is 363. The number of carboxylic acids is 1. The van der Waals surface area contributed by atoms with E-state index in [0.717, 1.165) is 5.56 Å². The van der Waals surface area contributed by atoms with Gasteiger partial charge >= 0.3 is 5.97 Å². The molecule has 1 atom stereocenters. The number of aliphatic hydroxyl groups excluding tert-OH is 1. The van der Waals surface area contributed by atoms with Crippen LogP contribution in [0.2, 0.25) is 0 Å². The first kappa shape index (κ1) is 11.0. The van der Waals surface area contributed by atoms with Crippen molar-refractivity contribution in [3.8, 4) is 0 Å². The van der Waals surface area contributed by atoms with Crippen LogP contribution in [0.5, 0.6) is 0 Å². The Labute approximate surface area is 93.3 Å². The Balaban J connectivity index is 2.12. The number of aliphatic carboxylic acids is 1. The third kappa shape index (κ3) is 2.37. The van der Waals surface area contributed by atoms with E-state index in [9.17, 15) is 9.90 Å². The van der Waals surface area contributed by atoms with Crippen molar-refractivity contribution in [2.45, 2.75) is 18.6 Å². The van der Waals surface area contributed by atoms with E-state index in [2.05, 4.69) is 4.98 Å². The quantitative estimate of drug-likeness (QED) is 0.765.